The first-order chi connectivity index (χ1) is 11.4. The highest BCUT2D eigenvalue weighted by Gasteiger charge is 2.31. The number of carbonyl (C=O) groups excluding carboxylic acids is 1. The summed E-state index contributed by atoms with van der Waals surface area (Å²) in [5.74, 6) is 0.263. The maximum absolute atomic E-state index is 12.2. The Labute approximate surface area is 143 Å². The predicted molar refractivity (Wildman–Crippen MR) is 96.2 cm³/mol. The van der Waals surface area contributed by atoms with Gasteiger partial charge >= 0.3 is 0 Å². The fourth-order valence-corrected chi connectivity index (χ4v) is 5.22. The molecule has 0 saturated carbocycles. The van der Waals surface area contributed by atoms with Gasteiger partial charge < -0.3 is 10.2 Å². The van der Waals surface area contributed by atoms with Crippen molar-refractivity contribution in [2.24, 2.45) is 0 Å². The topological polar surface area (TPSA) is 69.7 Å². The van der Waals surface area contributed by atoms with Gasteiger partial charge in [-0.2, -0.15) is 0 Å². The SMILES string of the molecule is CN(CC(=O)Nc1ccc(N2CCCC2)cc1)C1CCS(=O)(=O)C1. The molecular formula is C17H25N3O3S. The minimum atomic E-state index is -2.93. The van der Waals surface area contributed by atoms with Gasteiger partial charge in [0.25, 0.3) is 0 Å². The molecule has 1 aromatic rings. The van der Waals surface area contributed by atoms with Crippen molar-refractivity contribution in [3.8, 4) is 0 Å². The number of amides is 1. The lowest BCUT2D eigenvalue weighted by Gasteiger charge is -2.22. The highest BCUT2D eigenvalue weighted by molar-refractivity contribution is 7.91. The van der Waals surface area contributed by atoms with E-state index in [0.717, 1.165) is 18.8 Å². The second-order valence-electron chi connectivity index (χ2n) is 6.76. The standard InChI is InChI=1S/C17H25N3O3S/c1-19(16-8-11-24(22,23)13-16)12-17(21)18-14-4-6-15(7-5-14)20-9-2-3-10-20/h4-7,16H,2-3,8-13H2,1H3,(H,18,21). The first kappa shape index (κ1) is 17.2. The van der Waals surface area contributed by atoms with Gasteiger partial charge in [-0.3, -0.25) is 9.69 Å². The van der Waals surface area contributed by atoms with Gasteiger partial charge in [-0.15, -0.1) is 0 Å². The van der Waals surface area contributed by atoms with Crippen LogP contribution in [0.5, 0.6) is 0 Å². The largest absolute Gasteiger partial charge is 0.372 e. The average molecular weight is 351 g/mol. The van der Waals surface area contributed by atoms with E-state index < -0.39 is 9.84 Å². The Morgan fingerprint density at radius 1 is 1.25 bits per heavy atom. The highest BCUT2D eigenvalue weighted by Crippen LogP contribution is 2.22. The molecule has 1 amide bonds. The Morgan fingerprint density at radius 2 is 1.92 bits per heavy atom. The smallest absolute Gasteiger partial charge is 0.238 e. The summed E-state index contributed by atoms with van der Waals surface area (Å²) in [5, 5.41) is 2.89. The van der Waals surface area contributed by atoms with Crippen molar-refractivity contribution in [1.29, 1.82) is 0 Å². The Balaban J connectivity index is 1.51. The number of hydrogen-bond donors (Lipinski definition) is 1. The van der Waals surface area contributed by atoms with Crippen molar-refractivity contribution in [2.75, 3.05) is 48.4 Å². The van der Waals surface area contributed by atoms with Crippen molar-refractivity contribution in [1.82, 2.24) is 4.90 Å². The molecule has 2 aliphatic rings. The third-order valence-electron chi connectivity index (χ3n) is 4.85. The number of rotatable bonds is 5. The highest BCUT2D eigenvalue weighted by atomic mass is 32.2. The van der Waals surface area contributed by atoms with Crippen LogP contribution in [0.15, 0.2) is 24.3 Å². The summed E-state index contributed by atoms with van der Waals surface area (Å²) in [5.41, 5.74) is 1.97. The third kappa shape index (κ3) is 4.27. The molecular weight excluding hydrogens is 326 g/mol. The minimum absolute atomic E-state index is 0.0571. The van der Waals surface area contributed by atoms with Crippen molar-refractivity contribution in [3.05, 3.63) is 24.3 Å². The number of hydrogen-bond acceptors (Lipinski definition) is 5. The Hall–Kier alpha value is -1.60. The molecule has 2 heterocycles. The Bertz CT molecular complexity index is 682. The molecule has 2 fully saturated rings. The molecule has 7 heteroatoms. The zero-order chi connectivity index (χ0) is 17.2. The second-order valence-corrected chi connectivity index (χ2v) is 8.99. The van der Waals surface area contributed by atoms with Crippen molar-refractivity contribution in [3.63, 3.8) is 0 Å². The zero-order valence-electron chi connectivity index (χ0n) is 14.1. The molecule has 1 aromatic carbocycles. The quantitative estimate of drug-likeness (QED) is 0.867. The summed E-state index contributed by atoms with van der Waals surface area (Å²) in [6.45, 7) is 2.40. The number of likely N-dealkylation sites (N-methyl/N-ethyl adjacent to an activating group) is 1. The van der Waals surface area contributed by atoms with Crippen LogP contribution in [0.25, 0.3) is 0 Å². The lowest BCUT2D eigenvalue weighted by molar-refractivity contribution is -0.117. The number of nitrogens with zero attached hydrogens (tertiary/aromatic N) is 2. The molecule has 1 unspecified atom stereocenters. The molecule has 0 spiro atoms. The van der Waals surface area contributed by atoms with Crippen LogP contribution < -0.4 is 10.2 Å². The first-order valence-corrected chi connectivity index (χ1v) is 10.3. The van der Waals surface area contributed by atoms with Crippen LogP contribution in [-0.2, 0) is 14.6 Å². The van der Waals surface area contributed by atoms with Crippen LogP contribution in [0.2, 0.25) is 0 Å². The van der Waals surface area contributed by atoms with Gasteiger partial charge in [-0.25, -0.2) is 8.42 Å². The van der Waals surface area contributed by atoms with Crippen LogP contribution in [0.4, 0.5) is 11.4 Å². The monoisotopic (exact) mass is 351 g/mol. The molecule has 132 valence electrons. The fourth-order valence-electron chi connectivity index (χ4n) is 3.41. The van der Waals surface area contributed by atoms with E-state index in [2.05, 4.69) is 10.2 Å². The molecule has 24 heavy (non-hydrogen) atoms. The predicted octanol–water partition coefficient (Wildman–Crippen LogP) is 1.34. The first-order valence-electron chi connectivity index (χ1n) is 8.48. The van der Waals surface area contributed by atoms with Crippen molar-refractivity contribution in [2.45, 2.75) is 25.3 Å². The summed E-state index contributed by atoms with van der Waals surface area (Å²) in [7, 11) is -1.12. The second kappa shape index (κ2) is 7.11. The average Bonchev–Trinajstić information content (AvgIpc) is 3.17. The van der Waals surface area contributed by atoms with Crippen LogP contribution in [0.1, 0.15) is 19.3 Å². The minimum Gasteiger partial charge on any atom is -0.372 e. The van der Waals surface area contributed by atoms with Crippen LogP contribution in [-0.4, -0.2) is 63.5 Å². The van der Waals surface area contributed by atoms with Crippen LogP contribution in [0, 0.1) is 0 Å². The van der Waals surface area contributed by atoms with Gasteiger partial charge in [-0.05, 0) is 50.6 Å². The third-order valence-corrected chi connectivity index (χ3v) is 6.60. The fraction of sp³-hybridized carbons (Fsp3) is 0.588. The van der Waals surface area contributed by atoms with E-state index in [1.165, 1.54) is 18.5 Å². The molecule has 1 atom stereocenters. The molecule has 1 N–H and O–H groups in total. The number of sulfone groups is 1. The summed E-state index contributed by atoms with van der Waals surface area (Å²) < 4.78 is 23.1. The Kier molecular flexibility index (Phi) is 5.10. The molecule has 0 aromatic heterocycles. The molecule has 0 radical (unpaired) electrons. The summed E-state index contributed by atoms with van der Waals surface area (Å²) in [6.07, 6.45) is 3.08. The maximum Gasteiger partial charge on any atom is 0.238 e. The van der Waals surface area contributed by atoms with Crippen molar-refractivity contribution < 1.29 is 13.2 Å². The van der Waals surface area contributed by atoms with E-state index in [1.54, 1.807) is 0 Å². The molecule has 0 bridgehead atoms. The van der Waals surface area contributed by atoms with E-state index >= 15 is 0 Å². The Morgan fingerprint density at radius 3 is 2.50 bits per heavy atom. The number of carbonyl (C=O) groups is 1. The normalized spacial score (nSPS) is 22.9. The molecule has 6 nitrogen and oxygen atoms in total. The van der Waals surface area contributed by atoms with Gasteiger partial charge in [-0.1, -0.05) is 0 Å². The molecule has 3 rings (SSSR count). The molecule has 2 saturated heterocycles. The van der Waals surface area contributed by atoms with Gasteiger partial charge in [0, 0.05) is 30.5 Å². The zero-order valence-corrected chi connectivity index (χ0v) is 14.9. The lowest BCUT2D eigenvalue weighted by atomic mass is 10.2. The van der Waals surface area contributed by atoms with Crippen molar-refractivity contribution >= 4 is 27.1 Å². The maximum atomic E-state index is 12.2. The lowest BCUT2D eigenvalue weighted by Crippen LogP contribution is -2.38. The van der Waals surface area contributed by atoms with Gasteiger partial charge in [0.2, 0.25) is 5.91 Å². The number of nitrogens with one attached hydrogen (secondary N) is 1. The summed E-state index contributed by atoms with van der Waals surface area (Å²) >= 11 is 0. The summed E-state index contributed by atoms with van der Waals surface area (Å²) in [4.78, 5) is 16.3. The molecule has 0 aliphatic carbocycles. The van der Waals surface area contributed by atoms with Gasteiger partial charge in [0.15, 0.2) is 9.84 Å². The summed E-state index contributed by atoms with van der Waals surface area (Å²) in [6, 6.07) is 7.86. The number of benzene rings is 1. The van der Waals surface area contributed by atoms with Gasteiger partial charge in [0.1, 0.15) is 0 Å². The van der Waals surface area contributed by atoms with Crippen LogP contribution in [0.3, 0.4) is 0 Å². The van der Waals surface area contributed by atoms with E-state index in [4.69, 9.17) is 0 Å². The van der Waals surface area contributed by atoms with Crippen LogP contribution >= 0.6 is 0 Å². The van der Waals surface area contributed by atoms with E-state index in [1.807, 2.05) is 36.2 Å². The van der Waals surface area contributed by atoms with Gasteiger partial charge in [0.05, 0.1) is 18.1 Å². The van der Waals surface area contributed by atoms with E-state index in [9.17, 15) is 13.2 Å². The number of anilines is 2. The van der Waals surface area contributed by atoms with E-state index in [-0.39, 0.29) is 30.0 Å². The van der Waals surface area contributed by atoms with E-state index in [0.29, 0.717) is 6.42 Å². The molecule has 2 aliphatic heterocycles.